The number of hydrogen-bond donors (Lipinski definition) is 2. The first-order chi connectivity index (χ1) is 12.9. The minimum atomic E-state index is -0.915. The van der Waals surface area contributed by atoms with E-state index in [1.54, 1.807) is 44.2 Å². The zero-order valence-corrected chi connectivity index (χ0v) is 15.7. The molecule has 0 bridgehead atoms. The minimum Gasteiger partial charge on any atom is -0.481 e. The fourth-order valence-corrected chi connectivity index (χ4v) is 2.52. The molecule has 0 aliphatic rings. The van der Waals surface area contributed by atoms with Crippen LogP contribution in [0, 0.1) is 11.8 Å². The van der Waals surface area contributed by atoms with Crippen LogP contribution in [0.5, 0.6) is 5.75 Å². The van der Waals surface area contributed by atoms with Crippen molar-refractivity contribution in [1.82, 2.24) is 4.98 Å². The summed E-state index contributed by atoms with van der Waals surface area (Å²) in [6.07, 6.45) is 2.12. The lowest BCUT2D eigenvalue weighted by Gasteiger charge is -2.15. The molecule has 2 unspecified atom stereocenters. The smallest absolute Gasteiger partial charge is 0.304 e. The second-order valence-electron chi connectivity index (χ2n) is 5.75. The molecule has 0 radical (unpaired) electrons. The Balaban J connectivity index is 2.01. The molecular weight excluding hydrogens is 368 g/mol. The normalized spacial score (nSPS) is 12.3. The molecule has 0 saturated heterocycles. The van der Waals surface area contributed by atoms with E-state index in [2.05, 4.69) is 22.1 Å². The Hall–Kier alpha value is -3.04. The van der Waals surface area contributed by atoms with Gasteiger partial charge in [-0.1, -0.05) is 29.7 Å². The highest BCUT2D eigenvalue weighted by molar-refractivity contribution is 6.30. The lowest BCUT2D eigenvalue weighted by molar-refractivity contribution is -0.137. The molecule has 0 aliphatic heterocycles. The largest absolute Gasteiger partial charge is 0.481 e. The summed E-state index contributed by atoms with van der Waals surface area (Å²) in [6, 6.07) is 8.48. The summed E-state index contributed by atoms with van der Waals surface area (Å²) in [5.41, 5.74) is 1.35. The predicted molar refractivity (Wildman–Crippen MR) is 103 cm³/mol. The number of anilines is 1. The SMILES string of the molecule is CC#CC(CC(=O)O)c1ccc(NC(=O)C(C)Oc2cncc(Cl)c2)cc1. The lowest BCUT2D eigenvalue weighted by atomic mass is 9.96. The van der Waals surface area contributed by atoms with Gasteiger partial charge >= 0.3 is 5.97 Å². The first-order valence-electron chi connectivity index (χ1n) is 8.21. The maximum Gasteiger partial charge on any atom is 0.304 e. The molecule has 6 nitrogen and oxygen atoms in total. The predicted octanol–water partition coefficient (Wildman–Crippen LogP) is 3.72. The van der Waals surface area contributed by atoms with Crippen LogP contribution in [-0.2, 0) is 9.59 Å². The molecule has 140 valence electrons. The van der Waals surface area contributed by atoms with Crippen LogP contribution in [0.2, 0.25) is 5.02 Å². The number of aromatic nitrogens is 1. The summed E-state index contributed by atoms with van der Waals surface area (Å²) in [7, 11) is 0. The highest BCUT2D eigenvalue weighted by atomic mass is 35.5. The third-order valence-electron chi connectivity index (χ3n) is 3.64. The lowest BCUT2D eigenvalue weighted by Crippen LogP contribution is -2.30. The molecule has 1 amide bonds. The van der Waals surface area contributed by atoms with E-state index in [9.17, 15) is 9.59 Å². The van der Waals surface area contributed by atoms with Gasteiger partial charge in [-0.15, -0.1) is 5.92 Å². The molecule has 2 aromatic rings. The number of amides is 1. The second-order valence-corrected chi connectivity index (χ2v) is 6.19. The second kappa shape index (κ2) is 9.60. The number of rotatable bonds is 7. The van der Waals surface area contributed by atoms with Gasteiger partial charge in [0.25, 0.3) is 5.91 Å². The van der Waals surface area contributed by atoms with Crippen molar-refractivity contribution in [2.75, 3.05) is 5.32 Å². The van der Waals surface area contributed by atoms with Gasteiger partial charge < -0.3 is 15.2 Å². The maximum atomic E-state index is 12.3. The number of aliphatic carboxylic acids is 1. The Morgan fingerprint density at radius 2 is 2.00 bits per heavy atom. The van der Waals surface area contributed by atoms with Crippen molar-refractivity contribution in [2.45, 2.75) is 32.3 Å². The van der Waals surface area contributed by atoms with Crippen molar-refractivity contribution >= 4 is 29.2 Å². The van der Waals surface area contributed by atoms with Gasteiger partial charge in [0.05, 0.1) is 23.6 Å². The molecule has 1 aromatic heterocycles. The Morgan fingerprint density at radius 3 is 2.59 bits per heavy atom. The fourth-order valence-electron chi connectivity index (χ4n) is 2.36. The van der Waals surface area contributed by atoms with E-state index in [1.807, 2.05) is 0 Å². The molecule has 2 N–H and O–H groups in total. The number of carbonyl (C=O) groups is 2. The number of ether oxygens (including phenoxy) is 1. The van der Waals surface area contributed by atoms with Crippen molar-refractivity contribution < 1.29 is 19.4 Å². The van der Waals surface area contributed by atoms with Gasteiger partial charge in [0.2, 0.25) is 0 Å². The highest BCUT2D eigenvalue weighted by Gasteiger charge is 2.16. The van der Waals surface area contributed by atoms with E-state index in [-0.39, 0.29) is 12.3 Å². The zero-order valence-electron chi connectivity index (χ0n) is 14.9. The molecule has 1 aromatic carbocycles. The molecule has 2 rings (SSSR count). The molecule has 27 heavy (non-hydrogen) atoms. The molecule has 0 saturated carbocycles. The van der Waals surface area contributed by atoms with Crippen LogP contribution >= 0.6 is 11.6 Å². The molecule has 0 aliphatic carbocycles. The van der Waals surface area contributed by atoms with E-state index in [1.165, 1.54) is 12.4 Å². The average molecular weight is 387 g/mol. The molecule has 2 atom stereocenters. The zero-order chi connectivity index (χ0) is 19.8. The fraction of sp³-hybridized carbons (Fsp3) is 0.250. The Morgan fingerprint density at radius 1 is 1.30 bits per heavy atom. The summed E-state index contributed by atoms with van der Waals surface area (Å²) >= 11 is 5.84. The standard InChI is InChI=1S/C20H19ClN2O4/c1-3-4-15(9-19(24)25)14-5-7-17(8-6-14)23-20(26)13(2)27-18-10-16(21)11-22-12-18/h5-8,10-13,15H,9H2,1-2H3,(H,23,26)(H,24,25). The summed E-state index contributed by atoms with van der Waals surface area (Å²) in [6.45, 7) is 3.28. The summed E-state index contributed by atoms with van der Waals surface area (Å²) in [4.78, 5) is 27.1. The summed E-state index contributed by atoms with van der Waals surface area (Å²) in [5.74, 6) is 4.39. The van der Waals surface area contributed by atoms with Crippen LogP contribution in [-0.4, -0.2) is 28.1 Å². The Labute approximate surface area is 162 Å². The topological polar surface area (TPSA) is 88.5 Å². The van der Waals surface area contributed by atoms with Gasteiger partial charge in [0.1, 0.15) is 5.75 Å². The van der Waals surface area contributed by atoms with E-state index in [0.717, 1.165) is 5.56 Å². The number of nitrogens with zero attached hydrogens (tertiary/aromatic N) is 1. The van der Waals surface area contributed by atoms with Gasteiger partial charge in [0.15, 0.2) is 6.10 Å². The van der Waals surface area contributed by atoms with E-state index >= 15 is 0 Å². The number of carbonyl (C=O) groups excluding carboxylic acids is 1. The monoisotopic (exact) mass is 386 g/mol. The van der Waals surface area contributed by atoms with Crippen molar-refractivity contribution in [1.29, 1.82) is 0 Å². The Kier molecular flexibility index (Phi) is 7.21. The number of nitrogens with one attached hydrogen (secondary N) is 1. The maximum absolute atomic E-state index is 12.3. The number of carboxylic acids is 1. The summed E-state index contributed by atoms with van der Waals surface area (Å²) < 4.78 is 5.52. The number of pyridine rings is 1. The third kappa shape index (κ3) is 6.32. The number of hydrogen-bond acceptors (Lipinski definition) is 4. The van der Waals surface area contributed by atoms with E-state index < -0.39 is 18.0 Å². The molecular formula is C20H19ClN2O4. The van der Waals surface area contributed by atoms with Gasteiger partial charge in [-0.3, -0.25) is 14.6 Å². The first kappa shape index (κ1) is 20.3. The van der Waals surface area contributed by atoms with Gasteiger partial charge in [-0.2, -0.15) is 0 Å². The van der Waals surface area contributed by atoms with Crippen molar-refractivity contribution in [3.8, 4) is 17.6 Å². The third-order valence-corrected chi connectivity index (χ3v) is 3.85. The number of halogens is 1. The van der Waals surface area contributed by atoms with E-state index in [0.29, 0.717) is 16.5 Å². The van der Waals surface area contributed by atoms with Crippen LogP contribution in [0.25, 0.3) is 0 Å². The van der Waals surface area contributed by atoms with E-state index in [4.69, 9.17) is 21.4 Å². The van der Waals surface area contributed by atoms with Crippen molar-refractivity contribution in [3.05, 3.63) is 53.3 Å². The average Bonchev–Trinajstić information content (AvgIpc) is 2.61. The first-order valence-corrected chi connectivity index (χ1v) is 8.59. The van der Waals surface area contributed by atoms with Gasteiger partial charge in [-0.05, 0) is 31.5 Å². The molecule has 7 heteroatoms. The van der Waals surface area contributed by atoms with Crippen LogP contribution < -0.4 is 10.1 Å². The van der Waals surface area contributed by atoms with Crippen LogP contribution in [0.1, 0.15) is 31.7 Å². The number of carboxylic acid groups (broad SMARTS) is 1. The minimum absolute atomic E-state index is 0.0783. The van der Waals surface area contributed by atoms with Crippen LogP contribution in [0.3, 0.4) is 0 Å². The number of benzene rings is 1. The molecule has 0 spiro atoms. The van der Waals surface area contributed by atoms with Gasteiger partial charge in [-0.25, -0.2) is 0 Å². The van der Waals surface area contributed by atoms with Crippen molar-refractivity contribution in [2.24, 2.45) is 0 Å². The van der Waals surface area contributed by atoms with Crippen LogP contribution in [0.4, 0.5) is 5.69 Å². The molecule has 1 heterocycles. The van der Waals surface area contributed by atoms with Crippen LogP contribution in [0.15, 0.2) is 42.7 Å². The molecule has 0 fully saturated rings. The highest BCUT2D eigenvalue weighted by Crippen LogP contribution is 2.22. The van der Waals surface area contributed by atoms with Gasteiger partial charge in [0, 0.05) is 18.0 Å². The quantitative estimate of drug-likeness (QED) is 0.708. The Bertz CT molecular complexity index is 872. The van der Waals surface area contributed by atoms with Crippen molar-refractivity contribution in [3.63, 3.8) is 0 Å². The summed E-state index contributed by atoms with van der Waals surface area (Å²) in [5, 5.41) is 12.2.